The molecular weight excluding hydrogens is 292 g/mol. The number of nitrogens with one attached hydrogen (secondary N) is 1. The average molecular weight is 312 g/mol. The van der Waals surface area contributed by atoms with Crippen LogP contribution in [0.4, 0.5) is 5.69 Å². The molecule has 0 saturated carbocycles. The van der Waals surface area contributed by atoms with E-state index in [0.29, 0.717) is 24.6 Å². The minimum Gasteiger partial charge on any atom is -0.352 e. The summed E-state index contributed by atoms with van der Waals surface area (Å²) in [5.41, 5.74) is 1.91. The quantitative estimate of drug-likeness (QED) is 0.399. The summed E-state index contributed by atoms with van der Waals surface area (Å²) >= 11 is 0. The number of rotatable bonds is 5. The van der Waals surface area contributed by atoms with Gasteiger partial charge in [0, 0.05) is 38.8 Å². The Morgan fingerprint density at radius 1 is 1.17 bits per heavy atom. The first-order valence-electron chi connectivity index (χ1n) is 7.30. The Kier molecular flexibility index (Phi) is 5.68. The number of aliphatic imine (C=N–C) groups is 1. The highest BCUT2D eigenvalue weighted by atomic mass is 16.6. The van der Waals surface area contributed by atoms with Crippen molar-refractivity contribution in [2.75, 3.05) is 14.1 Å². The lowest BCUT2D eigenvalue weighted by molar-refractivity contribution is -0.385. The van der Waals surface area contributed by atoms with Crippen LogP contribution in [0.1, 0.15) is 11.1 Å². The first-order chi connectivity index (χ1) is 11.1. The van der Waals surface area contributed by atoms with Crippen molar-refractivity contribution in [3.8, 4) is 0 Å². The van der Waals surface area contributed by atoms with Gasteiger partial charge in [-0.2, -0.15) is 0 Å². The molecule has 0 aliphatic carbocycles. The van der Waals surface area contributed by atoms with E-state index in [4.69, 9.17) is 0 Å². The molecule has 0 spiro atoms. The molecule has 120 valence electrons. The van der Waals surface area contributed by atoms with E-state index in [-0.39, 0.29) is 10.6 Å². The molecule has 0 amide bonds. The standard InChI is InChI=1S/C17H20N4O2/c1-18-17(20(2)13-14-8-4-3-5-9-14)19-12-15-10-6-7-11-16(15)21(22)23/h3-11H,12-13H2,1-2H3,(H,18,19). The lowest BCUT2D eigenvalue weighted by Gasteiger charge is -2.22. The normalized spacial score (nSPS) is 11.1. The third-order valence-electron chi connectivity index (χ3n) is 3.46. The monoisotopic (exact) mass is 312 g/mol. The van der Waals surface area contributed by atoms with Crippen LogP contribution < -0.4 is 5.32 Å². The zero-order valence-corrected chi connectivity index (χ0v) is 13.3. The number of hydrogen-bond donors (Lipinski definition) is 1. The number of hydrogen-bond acceptors (Lipinski definition) is 3. The third kappa shape index (κ3) is 4.54. The summed E-state index contributed by atoms with van der Waals surface area (Å²) < 4.78 is 0. The van der Waals surface area contributed by atoms with Crippen molar-refractivity contribution in [1.82, 2.24) is 10.2 Å². The second kappa shape index (κ2) is 7.93. The molecule has 0 radical (unpaired) electrons. The van der Waals surface area contributed by atoms with Crippen molar-refractivity contribution in [2.24, 2.45) is 4.99 Å². The molecule has 0 bridgehead atoms. The van der Waals surface area contributed by atoms with Gasteiger partial charge < -0.3 is 10.2 Å². The van der Waals surface area contributed by atoms with Crippen LogP contribution in [0.3, 0.4) is 0 Å². The molecule has 0 aromatic heterocycles. The van der Waals surface area contributed by atoms with E-state index >= 15 is 0 Å². The van der Waals surface area contributed by atoms with Gasteiger partial charge in [-0.15, -0.1) is 0 Å². The van der Waals surface area contributed by atoms with Crippen LogP contribution >= 0.6 is 0 Å². The van der Waals surface area contributed by atoms with Crippen molar-refractivity contribution in [3.63, 3.8) is 0 Å². The summed E-state index contributed by atoms with van der Waals surface area (Å²) in [6.07, 6.45) is 0. The van der Waals surface area contributed by atoms with E-state index in [2.05, 4.69) is 10.3 Å². The van der Waals surface area contributed by atoms with E-state index in [0.717, 1.165) is 0 Å². The zero-order valence-electron chi connectivity index (χ0n) is 13.3. The zero-order chi connectivity index (χ0) is 16.7. The first kappa shape index (κ1) is 16.5. The molecule has 0 saturated heterocycles. The van der Waals surface area contributed by atoms with Gasteiger partial charge in [-0.1, -0.05) is 48.5 Å². The molecule has 1 N–H and O–H groups in total. The highest BCUT2D eigenvalue weighted by Crippen LogP contribution is 2.17. The maximum absolute atomic E-state index is 11.0. The molecule has 0 fully saturated rings. The molecule has 0 atom stereocenters. The summed E-state index contributed by atoms with van der Waals surface area (Å²) in [5, 5.41) is 14.2. The highest BCUT2D eigenvalue weighted by Gasteiger charge is 2.13. The molecule has 6 heteroatoms. The second-order valence-corrected chi connectivity index (χ2v) is 5.13. The molecule has 0 aliphatic rings. The topological polar surface area (TPSA) is 70.8 Å². The highest BCUT2D eigenvalue weighted by molar-refractivity contribution is 5.79. The van der Waals surface area contributed by atoms with Gasteiger partial charge in [-0.05, 0) is 5.56 Å². The van der Waals surface area contributed by atoms with E-state index < -0.39 is 0 Å². The van der Waals surface area contributed by atoms with Gasteiger partial charge in [0.15, 0.2) is 5.96 Å². The van der Waals surface area contributed by atoms with Crippen LogP contribution in [0, 0.1) is 10.1 Å². The molecule has 6 nitrogen and oxygen atoms in total. The second-order valence-electron chi connectivity index (χ2n) is 5.13. The van der Waals surface area contributed by atoms with Gasteiger partial charge in [0.05, 0.1) is 4.92 Å². The minimum absolute atomic E-state index is 0.112. The summed E-state index contributed by atoms with van der Waals surface area (Å²) in [6.45, 7) is 1.06. The SMILES string of the molecule is CN=C(NCc1ccccc1[N+](=O)[O-])N(C)Cc1ccccc1. The molecule has 2 aromatic rings. The van der Waals surface area contributed by atoms with Gasteiger partial charge in [0.1, 0.15) is 0 Å². The number of nitro groups is 1. The predicted octanol–water partition coefficient (Wildman–Crippen LogP) is 2.80. The van der Waals surface area contributed by atoms with Crippen LogP contribution in [-0.4, -0.2) is 29.9 Å². The maximum atomic E-state index is 11.0. The van der Waals surface area contributed by atoms with Crippen molar-refractivity contribution in [1.29, 1.82) is 0 Å². The van der Waals surface area contributed by atoms with Crippen LogP contribution in [0.2, 0.25) is 0 Å². The minimum atomic E-state index is -0.368. The summed E-state index contributed by atoms with van der Waals surface area (Å²) in [7, 11) is 3.63. The average Bonchev–Trinajstić information content (AvgIpc) is 2.56. The Balaban J connectivity index is 2.02. The fraction of sp³-hybridized carbons (Fsp3) is 0.235. The Labute approximate surface area is 135 Å². The van der Waals surface area contributed by atoms with E-state index in [1.807, 2.05) is 42.3 Å². The molecule has 0 heterocycles. The number of benzene rings is 2. The molecular formula is C17H20N4O2. The number of guanidine groups is 1. The van der Waals surface area contributed by atoms with Crippen molar-refractivity contribution < 1.29 is 4.92 Å². The van der Waals surface area contributed by atoms with Crippen LogP contribution in [0.15, 0.2) is 59.6 Å². The lowest BCUT2D eigenvalue weighted by atomic mass is 10.2. The van der Waals surface area contributed by atoms with Crippen molar-refractivity contribution in [2.45, 2.75) is 13.1 Å². The lowest BCUT2D eigenvalue weighted by Crippen LogP contribution is -2.38. The third-order valence-corrected chi connectivity index (χ3v) is 3.46. The van der Waals surface area contributed by atoms with Crippen molar-refractivity contribution in [3.05, 3.63) is 75.8 Å². The Bertz CT molecular complexity index is 686. The molecule has 2 rings (SSSR count). The predicted molar refractivity (Wildman–Crippen MR) is 91.2 cm³/mol. The number of para-hydroxylation sites is 1. The molecule has 0 aliphatic heterocycles. The molecule has 0 unspecified atom stereocenters. The van der Waals surface area contributed by atoms with Crippen LogP contribution in [0.25, 0.3) is 0 Å². The van der Waals surface area contributed by atoms with Crippen LogP contribution in [0.5, 0.6) is 0 Å². The molecule has 2 aromatic carbocycles. The van der Waals surface area contributed by atoms with Gasteiger partial charge in [0.2, 0.25) is 0 Å². The fourth-order valence-corrected chi connectivity index (χ4v) is 2.33. The number of nitrogens with zero attached hydrogens (tertiary/aromatic N) is 3. The molecule has 23 heavy (non-hydrogen) atoms. The Hall–Kier alpha value is -2.89. The van der Waals surface area contributed by atoms with Crippen LogP contribution in [-0.2, 0) is 13.1 Å². The van der Waals surface area contributed by atoms with Gasteiger partial charge in [-0.3, -0.25) is 15.1 Å². The largest absolute Gasteiger partial charge is 0.352 e. The first-order valence-corrected chi connectivity index (χ1v) is 7.30. The fourth-order valence-electron chi connectivity index (χ4n) is 2.33. The smallest absolute Gasteiger partial charge is 0.274 e. The number of nitro benzene ring substituents is 1. The Morgan fingerprint density at radius 2 is 1.83 bits per heavy atom. The summed E-state index contributed by atoms with van der Waals surface area (Å²) in [6, 6.07) is 16.8. The summed E-state index contributed by atoms with van der Waals surface area (Å²) in [5.74, 6) is 0.687. The summed E-state index contributed by atoms with van der Waals surface area (Å²) in [4.78, 5) is 16.9. The van der Waals surface area contributed by atoms with E-state index in [1.54, 1.807) is 25.2 Å². The van der Waals surface area contributed by atoms with Crippen molar-refractivity contribution >= 4 is 11.6 Å². The van der Waals surface area contributed by atoms with E-state index in [1.165, 1.54) is 11.6 Å². The van der Waals surface area contributed by atoms with Gasteiger partial charge >= 0.3 is 0 Å². The van der Waals surface area contributed by atoms with Gasteiger partial charge in [-0.25, -0.2) is 0 Å². The Morgan fingerprint density at radius 3 is 2.48 bits per heavy atom. The maximum Gasteiger partial charge on any atom is 0.274 e. The van der Waals surface area contributed by atoms with Gasteiger partial charge in [0.25, 0.3) is 5.69 Å². The van der Waals surface area contributed by atoms with E-state index in [9.17, 15) is 10.1 Å².